The maximum absolute atomic E-state index is 12.0. The van der Waals surface area contributed by atoms with Crippen molar-refractivity contribution in [2.45, 2.75) is 37.0 Å². The van der Waals surface area contributed by atoms with E-state index in [1.807, 2.05) is 48.5 Å². The highest BCUT2D eigenvalue weighted by molar-refractivity contribution is 7.91. The second-order valence-corrected chi connectivity index (χ2v) is 11.1. The summed E-state index contributed by atoms with van der Waals surface area (Å²) in [6, 6.07) is 8.19. The maximum Gasteiger partial charge on any atom is 0.159 e. The van der Waals surface area contributed by atoms with Crippen molar-refractivity contribution in [3.63, 3.8) is 0 Å². The van der Waals surface area contributed by atoms with Crippen LogP contribution in [0.25, 0.3) is 33.6 Å². The lowest BCUT2D eigenvalue weighted by Crippen LogP contribution is -2.29. The third-order valence-electron chi connectivity index (χ3n) is 6.32. The van der Waals surface area contributed by atoms with E-state index in [4.69, 9.17) is 0 Å². The van der Waals surface area contributed by atoms with Crippen molar-refractivity contribution in [1.82, 2.24) is 29.5 Å². The third kappa shape index (κ3) is 4.59. The van der Waals surface area contributed by atoms with E-state index >= 15 is 0 Å². The number of aromatic nitrogens is 6. The molecule has 2 atom stereocenters. The fraction of sp³-hybridized carbons (Fsp3) is 0.333. The van der Waals surface area contributed by atoms with Crippen LogP contribution in [0.5, 0.6) is 0 Å². The summed E-state index contributed by atoms with van der Waals surface area (Å²) in [4.78, 5) is 9.17. The summed E-state index contributed by atoms with van der Waals surface area (Å²) in [5, 5.41) is 8.48. The minimum absolute atomic E-state index is 0.0997. The van der Waals surface area contributed by atoms with Crippen LogP contribution in [0.2, 0.25) is 0 Å². The molecule has 5 rings (SSSR count). The molecule has 1 aromatic carbocycles. The normalized spacial score (nSPS) is 19.0. The molecule has 0 bridgehead atoms. The summed E-state index contributed by atoms with van der Waals surface area (Å²) in [6.07, 6.45) is 15.7. The Morgan fingerprint density at radius 1 is 0.879 bits per heavy atom. The topological polar surface area (TPSA) is 95.6 Å². The number of aryl methyl sites for hydroxylation is 1. The molecular weight excluding hydrogens is 436 g/mol. The molecule has 0 amide bonds. The van der Waals surface area contributed by atoms with Crippen LogP contribution in [-0.4, -0.2) is 49.5 Å². The number of benzene rings is 1. The van der Waals surface area contributed by atoms with Gasteiger partial charge in [0.05, 0.1) is 23.7 Å². The second-order valence-electron chi connectivity index (χ2n) is 8.76. The van der Waals surface area contributed by atoms with E-state index in [1.165, 1.54) is 6.26 Å². The van der Waals surface area contributed by atoms with Gasteiger partial charge in [-0.1, -0.05) is 24.6 Å². The molecule has 8 nitrogen and oxygen atoms in total. The van der Waals surface area contributed by atoms with E-state index in [0.717, 1.165) is 47.1 Å². The van der Waals surface area contributed by atoms with Crippen LogP contribution in [0.1, 0.15) is 31.7 Å². The van der Waals surface area contributed by atoms with Crippen molar-refractivity contribution in [2.24, 2.45) is 7.05 Å². The summed E-state index contributed by atoms with van der Waals surface area (Å²) < 4.78 is 27.7. The van der Waals surface area contributed by atoms with Gasteiger partial charge in [-0.15, -0.1) is 0 Å². The zero-order valence-electron chi connectivity index (χ0n) is 18.7. The molecule has 1 fully saturated rings. The van der Waals surface area contributed by atoms with Gasteiger partial charge >= 0.3 is 0 Å². The molecule has 9 heteroatoms. The molecule has 4 aromatic rings. The van der Waals surface area contributed by atoms with Crippen molar-refractivity contribution in [2.75, 3.05) is 6.26 Å². The van der Waals surface area contributed by atoms with Gasteiger partial charge in [0, 0.05) is 60.3 Å². The number of hydrogen-bond donors (Lipinski definition) is 0. The Bertz CT molecular complexity index is 1370. The monoisotopic (exact) mass is 462 g/mol. The number of nitrogens with zero attached hydrogens (tertiary/aromatic N) is 6. The zero-order chi connectivity index (χ0) is 23.0. The van der Waals surface area contributed by atoms with Crippen LogP contribution in [0, 0.1) is 0 Å². The lowest BCUT2D eigenvalue weighted by molar-refractivity contribution is 0.329. The highest BCUT2D eigenvalue weighted by atomic mass is 32.2. The Balaban J connectivity index is 1.34. The van der Waals surface area contributed by atoms with Gasteiger partial charge in [0.15, 0.2) is 5.82 Å². The van der Waals surface area contributed by atoms with Crippen molar-refractivity contribution < 1.29 is 8.42 Å². The molecule has 0 saturated heterocycles. The summed E-state index contributed by atoms with van der Waals surface area (Å²) in [6.45, 7) is 0. The lowest BCUT2D eigenvalue weighted by atomic mass is 9.95. The van der Waals surface area contributed by atoms with Crippen molar-refractivity contribution in [1.29, 1.82) is 0 Å². The molecule has 3 heterocycles. The Kier molecular flexibility index (Phi) is 5.57. The molecule has 1 aliphatic rings. The standard InChI is InChI=1S/C24H26N6O2S/c1-29-15-20(13-27-29)17-5-3-6-18(9-17)24-25-11-19(12-26-24)21-14-28-30(16-21)22-7-4-8-23(10-22)33(2,31)32/h3,5-6,9,11-16,22-23H,4,7-8,10H2,1-2H3/t22-,23-/m0/s1. The Hall–Kier alpha value is -3.33. The molecule has 1 aliphatic carbocycles. The quantitative estimate of drug-likeness (QED) is 0.446. The van der Waals surface area contributed by atoms with Gasteiger partial charge in [-0.05, 0) is 30.9 Å². The van der Waals surface area contributed by atoms with E-state index in [9.17, 15) is 8.42 Å². The fourth-order valence-electron chi connectivity index (χ4n) is 4.47. The first kappa shape index (κ1) is 21.5. The third-order valence-corrected chi connectivity index (χ3v) is 7.96. The maximum atomic E-state index is 12.0. The van der Waals surface area contributed by atoms with E-state index < -0.39 is 9.84 Å². The number of rotatable bonds is 5. The minimum atomic E-state index is -3.03. The van der Waals surface area contributed by atoms with Crippen molar-refractivity contribution >= 4 is 9.84 Å². The average molecular weight is 463 g/mol. The first-order valence-corrected chi connectivity index (χ1v) is 13.0. The molecule has 0 N–H and O–H groups in total. The van der Waals surface area contributed by atoms with Crippen LogP contribution in [0.4, 0.5) is 0 Å². The van der Waals surface area contributed by atoms with E-state index in [-0.39, 0.29) is 11.3 Å². The molecule has 0 spiro atoms. The SMILES string of the molecule is Cn1cc(-c2cccc(-c3ncc(-c4cnn([C@H]5CCC[C@H](S(C)(=O)=O)C5)c4)cn3)c2)cn1. The average Bonchev–Trinajstić information content (AvgIpc) is 3.49. The van der Waals surface area contributed by atoms with Gasteiger partial charge in [0.1, 0.15) is 9.84 Å². The van der Waals surface area contributed by atoms with Gasteiger partial charge in [-0.25, -0.2) is 18.4 Å². The van der Waals surface area contributed by atoms with E-state index in [2.05, 4.69) is 26.2 Å². The first-order valence-electron chi connectivity index (χ1n) is 11.0. The molecule has 1 saturated carbocycles. The van der Waals surface area contributed by atoms with Crippen LogP contribution in [-0.2, 0) is 16.9 Å². The smallest absolute Gasteiger partial charge is 0.159 e. The van der Waals surface area contributed by atoms with Crippen LogP contribution in [0.15, 0.2) is 61.4 Å². The summed E-state index contributed by atoms with van der Waals surface area (Å²) in [5.74, 6) is 0.653. The lowest BCUT2D eigenvalue weighted by Gasteiger charge is -2.28. The molecule has 0 aliphatic heterocycles. The first-order chi connectivity index (χ1) is 15.9. The molecule has 0 radical (unpaired) electrons. The van der Waals surface area contributed by atoms with Gasteiger partial charge in [0.2, 0.25) is 0 Å². The number of sulfone groups is 1. The van der Waals surface area contributed by atoms with Crippen LogP contribution in [0.3, 0.4) is 0 Å². The summed E-state index contributed by atoms with van der Waals surface area (Å²) in [7, 11) is -1.13. The predicted octanol–water partition coefficient (Wildman–Crippen LogP) is 3.94. The Morgan fingerprint density at radius 3 is 2.33 bits per heavy atom. The highest BCUT2D eigenvalue weighted by Gasteiger charge is 2.30. The van der Waals surface area contributed by atoms with Crippen molar-refractivity contribution in [3.05, 3.63) is 61.4 Å². The largest absolute Gasteiger partial charge is 0.275 e. The summed E-state index contributed by atoms with van der Waals surface area (Å²) in [5.41, 5.74) is 4.85. The molecule has 3 aromatic heterocycles. The Morgan fingerprint density at radius 2 is 1.61 bits per heavy atom. The molecule has 33 heavy (non-hydrogen) atoms. The molecule has 0 unspecified atom stereocenters. The van der Waals surface area contributed by atoms with Gasteiger partial charge in [-0.3, -0.25) is 9.36 Å². The van der Waals surface area contributed by atoms with Gasteiger partial charge in [0.25, 0.3) is 0 Å². The fourth-order valence-corrected chi connectivity index (χ4v) is 5.64. The summed E-state index contributed by atoms with van der Waals surface area (Å²) >= 11 is 0. The number of hydrogen-bond acceptors (Lipinski definition) is 6. The van der Waals surface area contributed by atoms with E-state index in [0.29, 0.717) is 12.2 Å². The van der Waals surface area contributed by atoms with Gasteiger partial charge in [-0.2, -0.15) is 10.2 Å². The second kappa shape index (κ2) is 8.55. The van der Waals surface area contributed by atoms with Gasteiger partial charge < -0.3 is 0 Å². The van der Waals surface area contributed by atoms with Crippen LogP contribution >= 0.6 is 0 Å². The zero-order valence-corrected chi connectivity index (χ0v) is 19.5. The Labute approximate surface area is 193 Å². The molecular formula is C24H26N6O2S. The predicted molar refractivity (Wildman–Crippen MR) is 127 cm³/mol. The highest BCUT2D eigenvalue weighted by Crippen LogP contribution is 2.33. The van der Waals surface area contributed by atoms with E-state index in [1.54, 1.807) is 23.3 Å². The van der Waals surface area contributed by atoms with Crippen molar-refractivity contribution in [3.8, 4) is 33.6 Å². The minimum Gasteiger partial charge on any atom is -0.275 e. The molecule has 170 valence electrons. The van der Waals surface area contributed by atoms with Crippen LogP contribution < -0.4 is 0 Å².